The maximum atomic E-state index is 13.3. The van der Waals surface area contributed by atoms with Gasteiger partial charge in [0.2, 0.25) is 5.76 Å². The number of carbonyl (C=O) groups is 1. The zero-order valence-corrected chi connectivity index (χ0v) is 13.7. The van der Waals surface area contributed by atoms with Gasteiger partial charge < -0.3 is 14.4 Å². The van der Waals surface area contributed by atoms with Gasteiger partial charge in [0.15, 0.2) is 5.89 Å². The molecule has 2 aromatic rings. The number of carbonyl (C=O) groups excluding carboxylic acids is 1. The summed E-state index contributed by atoms with van der Waals surface area (Å²) in [6.45, 7) is 3.11. The molecule has 0 radical (unpaired) electrons. The number of nitrogens with zero attached hydrogens (tertiary/aromatic N) is 2. The van der Waals surface area contributed by atoms with E-state index >= 15 is 0 Å². The Morgan fingerprint density at radius 3 is 2.60 bits per heavy atom. The van der Waals surface area contributed by atoms with E-state index in [9.17, 15) is 23.1 Å². The Morgan fingerprint density at radius 1 is 1.32 bits per heavy atom. The van der Waals surface area contributed by atoms with Crippen molar-refractivity contribution in [1.82, 2.24) is 9.88 Å². The number of amides is 1. The molecule has 0 saturated carbocycles. The topological polar surface area (TPSA) is 66.6 Å². The third-order valence-corrected chi connectivity index (χ3v) is 4.26. The molecule has 1 aliphatic heterocycles. The lowest BCUT2D eigenvalue weighted by molar-refractivity contribution is -0.138. The van der Waals surface area contributed by atoms with Crippen molar-refractivity contribution in [2.75, 3.05) is 6.54 Å². The molecule has 5 nitrogen and oxygen atoms in total. The summed E-state index contributed by atoms with van der Waals surface area (Å²) in [5, 5.41) is 9.97. The maximum Gasteiger partial charge on any atom is 0.416 e. The first-order chi connectivity index (χ1) is 11.7. The summed E-state index contributed by atoms with van der Waals surface area (Å²) in [6.07, 6.45) is -5.41. The van der Waals surface area contributed by atoms with E-state index in [-0.39, 0.29) is 24.3 Å². The minimum atomic E-state index is -4.54. The number of hydrogen-bond acceptors (Lipinski definition) is 4. The highest BCUT2D eigenvalue weighted by molar-refractivity contribution is 5.93. The normalized spacial score (nSPS) is 21.0. The molecule has 0 aliphatic carbocycles. The summed E-state index contributed by atoms with van der Waals surface area (Å²) in [5.41, 5.74) is -0.474. The molecule has 3 rings (SSSR count). The molecule has 1 aromatic carbocycles. The fourth-order valence-corrected chi connectivity index (χ4v) is 3.24. The van der Waals surface area contributed by atoms with Gasteiger partial charge in [-0.2, -0.15) is 13.2 Å². The Kier molecular flexibility index (Phi) is 4.32. The molecule has 1 aromatic heterocycles. The number of hydrogen-bond donors (Lipinski definition) is 1. The number of rotatable bonds is 2. The van der Waals surface area contributed by atoms with Crippen LogP contribution in [0.2, 0.25) is 0 Å². The molecule has 1 saturated heterocycles. The van der Waals surface area contributed by atoms with E-state index in [1.54, 1.807) is 13.8 Å². The summed E-state index contributed by atoms with van der Waals surface area (Å²) in [5.74, 6) is -0.287. The molecule has 0 spiro atoms. The highest BCUT2D eigenvalue weighted by atomic mass is 19.4. The number of benzene rings is 1. The monoisotopic (exact) mass is 354 g/mol. The molecule has 1 N–H and O–H groups in total. The quantitative estimate of drug-likeness (QED) is 0.899. The molecular weight excluding hydrogens is 337 g/mol. The molecule has 0 unspecified atom stereocenters. The summed E-state index contributed by atoms with van der Waals surface area (Å²) in [4.78, 5) is 18.0. The third kappa shape index (κ3) is 3.26. The third-order valence-electron chi connectivity index (χ3n) is 4.26. The van der Waals surface area contributed by atoms with Crippen LogP contribution in [0.4, 0.5) is 13.2 Å². The van der Waals surface area contributed by atoms with Gasteiger partial charge in [-0.3, -0.25) is 4.79 Å². The number of aliphatic hydroxyl groups excluding tert-OH is 1. The molecule has 8 heteroatoms. The fourth-order valence-electron chi connectivity index (χ4n) is 3.24. The minimum absolute atomic E-state index is 0.0129. The lowest BCUT2D eigenvalue weighted by atomic mass is 9.97. The number of likely N-dealkylation sites (tertiary alicyclic amines) is 1. The van der Waals surface area contributed by atoms with Gasteiger partial charge in [0.25, 0.3) is 5.91 Å². The van der Waals surface area contributed by atoms with E-state index in [1.165, 1.54) is 23.1 Å². The predicted octanol–water partition coefficient (Wildman–Crippen LogP) is 3.26. The number of aryl methyl sites for hydroxylation is 2. The van der Waals surface area contributed by atoms with Gasteiger partial charge in [-0.15, -0.1) is 0 Å². The average Bonchev–Trinajstić information content (AvgIpc) is 3.08. The van der Waals surface area contributed by atoms with Gasteiger partial charge in [-0.05, 0) is 25.0 Å². The SMILES string of the molecule is Cc1nc(C)c(C(=O)N2C[C@@H](O)C[C@@H]2c2ccccc2C(F)(F)F)o1. The summed E-state index contributed by atoms with van der Waals surface area (Å²) < 4.78 is 45.3. The molecular formula is C17H17F3N2O3. The van der Waals surface area contributed by atoms with Crippen molar-refractivity contribution in [3.05, 3.63) is 52.7 Å². The van der Waals surface area contributed by atoms with Gasteiger partial charge in [0, 0.05) is 13.5 Å². The number of β-amino-alcohol motifs (C(OH)–C–C–N with tert-alkyl or cyclic N) is 1. The van der Waals surface area contributed by atoms with Crippen LogP contribution in [-0.2, 0) is 6.18 Å². The van der Waals surface area contributed by atoms with Crippen molar-refractivity contribution >= 4 is 5.91 Å². The Balaban J connectivity index is 2.01. The zero-order chi connectivity index (χ0) is 18.4. The van der Waals surface area contributed by atoms with E-state index in [1.807, 2.05) is 0 Å². The smallest absolute Gasteiger partial charge is 0.416 e. The van der Waals surface area contributed by atoms with E-state index in [4.69, 9.17) is 4.42 Å². The molecule has 1 amide bonds. The predicted molar refractivity (Wildman–Crippen MR) is 81.8 cm³/mol. The Morgan fingerprint density at radius 2 is 2.00 bits per heavy atom. The van der Waals surface area contributed by atoms with Crippen molar-refractivity contribution < 1.29 is 27.5 Å². The molecule has 2 heterocycles. The van der Waals surface area contributed by atoms with E-state index in [0.717, 1.165) is 6.07 Å². The highest BCUT2D eigenvalue weighted by Gasteiger charge is 2.42. The number of alkyl halides is 3. The van der Waals surface area contributed by atoms with Crippen LogP contribution in [0.3, 0.4) is 0 Å². The second-order valence-corrected chi connectivity index (χ2v) is 6.10. The maximum absolute atomic E-state index is 13.3. The van der Waals surface area contributed by atoms with E-state index in [0.29, 0.717) is 11.6 Å². The minimum Gasteiger partial charge on any atom is -0.436 e. The molecule has 1 aliphatic rings. The van der Waals surface area contributed by atoms with Crippen LogP contribution in [0, 0.1) is 13.8 Å². The standard InChI is InChI=1S/C17H17F3N2O3/c1-9-15(25-10(2)21-9)16(24)22-8-11(23)7-14(22)12-5-3-4-6-13(12)17(18,19)20/h3-6,11,14,23H,7-8H2,1-2H3/t11-,14+/m0/s1. The van der Waals surface area contributed by atoms with Crippen LogP contribution >= 0.6 is 0 Å². The summed E-state index contributed by atoms with van der Waals surface area (Å²) in [6, 6.07) is 4.22. The second-order valence-electron chi connectivity index (χ2n) is 6.10. The van der Waals surface area contributed by atoms with Gasteiger partial charge in [-0.1, -0.05) is 18.2 Å². The van der Waals surface area contributed by atoms with Gasteiger partial charge in [0.05, 0.1) is 23.4 Å². The van der Waals surface area contributed by atoms with Crippen LogP contribution in [0.15, 0.2) is 28.7 Å². The lowest BCUT2D eigenvalue weighted by Crippen LogP contribution is -2.32. The Labute approximate surface area is 142 Å². The first kappa shape index (κ1) is 17.5. The zero-order valence-electron chi connectivity index (χ0n) is 13.7. The summed E-state index contributed by atoms with van der Waals surface area (Å²) >= 11 is 0. The van der Waals surface area contributed by atoms with Crippen molar-refractivity contribution in [3.63, 3.8) is 0 Å². The van der Waals surface area contributed by atoms with Crippen LogP contribution < -0.4 is 0 Å². The Hall–Kier alpha value is -2.35. The van der Waals surface area contributed by atoms with E-state index in [2.05, 4.69) is 4.98 Å². The van der Waals surface area contributed by atoms with Gasteiger partial charge in [0.1, 0.15) is 0 Å². The van der Waals surface area contributed by atoms with Crippen LogP contribution in [0.5, 0.6) is 0 Å². The number of aliphatic hydroxyl groups is 1. The molecule has 1 fully saturated rings. The molecule has 2 atom stereocenters. The van der Waals surface area contributed by atoms with Crippen LogP contribution in [0.1, 0.15) is 45.7 Å². The first-order valence-electron chi connectivity index (χ1n) is 7.77. The molecule has 25 heavy (non-hydrogen) atoms. The highest BCUT2D eigenvalue weighted by Crippen LogP contribution is 2.41. The van der Waals surface area contributed by atoms with Crippen LogP contribution in [0.25, 0.3) is 0 Å². The summed E-state index contributed by atoms with van der Waals surface area (Å²) in [7, 11) is 0. The number of halogens is 3. The van der Waals surface area contributed by atoms with E-state index < -0.39 is 29.8 Å². The number of oxazole rings is 1. The fraction of sp³-hybridized carbons (Fsp3) is 0.412. The van der Waals surface area contributed by atoms with Crippen LogP contribution in [-0.4, -0.2) is 33.5 Å². The first-order valence-corrected chi connectivity index (χ1v) is 7.77. The van der Waals surface area contributed by atoms with Crippen molar-refractivity contribution in [2.45, 2.75) is 38.6 Å². The largest absolute Gasteiger partial charge is 0.436 e. The Bertz CT molecular complexity index is 801. The lowest BCUT2D eigenvalue weighted by Gasteiger charge is -2.26. The molecule has 0 bridgehead atoms. The number of aromatic nitrogens is 1. The average molecular weight is 354 g/mol. The second kappa shape index (κ2) is 6.18. The molecule has 134 valence electrons. The van der Waals surface area contributed by atoms with Gasteiger partial charge >= 0.3 is 6.18 Å². The van der Waals surface area contributed by atoms with Crippen molar-refractivity contribution in [3.8, 4) is 0 Å². The van der Waals surface area contributed by atoms with Crippen molar-refractivity contribution in [2.24, 2.45) is 0 Å². The van der Waals surface area contributed by atoms with Crippen molar-refractivity contribution in [1.29, 1.82) is 0 Å². The van der Waals surface area contributed by atoms with Gasteiger partial charge in [-0.25, -0.2) is 4.98 Å².